The standard InChI is InChI=1S/C20H13N2OS/c1-11-14-5-7-23-15(14)10-17-18(11)20-19-12(4-6-22(20)3)8-13(21-2)9-16(19)24-17/h4-10H,1,3H3/q+1. The summed E-state index contributed by atoms with van der Waals surface area (Å²) in [5.74, 6) is 0. The second kappa shape index (κ2) is 4.62. The van der Waals surface area contributed by atoms with Gasteiger partial charge in [0.1, 0.15) is 12.6 Å². The summed E-state index contributed by atoms with van der Waals surface area (Å²) in [5.41, 5.74) is 5.33. The molecule has 3 heterocycles. The minimum atomic E-state index is 0.684. The number of aryl methyl sites for hydroxylation is 2. The van der Waals surface area contributed by atoms with Crippen LogP contribution in [0.25, 0.3) is 37.8 Å². The Hall–Kier alpha value is -2.77. The van der Waals surface area contributed by atoms with Crippen LogP contribution < -0.4 is 4.57 Å². The first-order valence-electron chi connectivity index (χ1n) is 7.70. The number of hydrogen-bond acceptors (Lipinski definition) is 2. The highest BCUT2D eigenvalue weighted by molar-refractivity contribution is 7.99. The van der Waals surface area contributed by atoms with E-state index < -0.39 is 0 Å². The summed E-state index contributed by atoms with van der Waals surface area (Å²) in [7, 11) is 2.08. The van der Waals surface area contributed by atoms with Gasteiger partial charge in [-0.05, 0) is 42.1 Å². The Bertz CT molecular complexity index is 1210. The van der Waals surface area contributed by atoms with Crippen molar-refractivity contribution in [3.63, 3.8) is 0 Å². The molecule has 114 valence electrons. The van der Waals surface area contributed by atoms with Gasteiger partial charge in [-0.3, -0.25) is 0 Å². The third-order valence-corrected chi connectivity index (χ3v) is 5.84. The van der Waals surface area contributed by atoms with Crippen LogP contribution in [0.15, 0.2) is 57.0 Å². The van der Waals surface area contributed by atoms with Crippen molar-refractivity contribution in [2.24, 2.45) is 7.05 Å². The largest absolute Gasteiger partial charge is 0.464 e. The van der Waals surface area contributed by atoms with Gasteiger partial charge in [0.2, 0.25) is 5.69 Å². The van der Waals surface area contributed by atoms with Gasteiger partial charge in [-0.1, -0.05) is 11.8 Å². The first-order chi connectivity index (χ1) is 11.7. The molecule has 0 spiro atoms. The molecule has 0 aliphatic carbocycles. The zero-order valence-corrected chi connectivity index (χ0v) is 14.1. The van der Waals surface area contributed by atoms with E-state index in [1.807, 2.05) is 18.2 Å². The molecule has 4 heteroatoms. The Balaban J connectivity index is 2.01. The van der Waals surface area contributed by atoms with Crippen LogP contribution in [0.3, 0.4) is 0 Å². The van der Waals surface area contributed by atoms with Crippen molar-refractivity contribution in [3.8, 4) is 11.3 Å². The molecule has 0 radical (unpaired) electrons. The maximum absolute atomic E-state index is 7.37. The second-order valence-corrected chi connectivity index (χ2v) is 7.19. The van der Waals surface area contributed by atoms with E-state index in [2.05, 4.69) is 41.7 Å². The Kier molecular flexibility index (Phi) is 2.63. The molecule has 0 bridgehead atoms. The average Bonchev–Trinajstić information content (AvgIpc) is 3.05. The molecule has 0 atom stereocenters. The maximum Gasteiger partial charge on any atom is 0.222 e. The minimum absolute atomic E-state index is 0.684. The van der Waals surface area contributed by atoms with E-state index in [0.717, 1.165) is 21.3 Å². The molecule has 5 rings (SSSR count). The van der Waals surface area contributed by atoms with Gasteiger partial charge in [0.05, 0.1) is 23.8 Å². The van der Waals surface area contributed by atoms with Gasteiger partial charge < -0.3 is 4.42 Å². The highest BCUT2D eigenvalue weighted by atomic mass is 32.2. The zero-order valence-electron chi connectivity index (χ0n) is 13.3. The summed E-state index contributed by atoms with van der Waals surface area (Å²) in [5, 5.41) is 3.51. The Morgan fingerprint density at radius 3 is 2.88 bits per heavy atom. The molecule has 24 heavy (non-hydrogen) atoms. The second-order valence-electron chi connectivity index (χ2n) is 6.10. The van der Waals surface area contributed by atoms with Crippen molar-refractivity contribution in [2.45, 2.75) is 16.7 Å². The minimum Gasteiger partial charge on any atom is -0.464 e. The zero-order chi connectivity index (χ0) is 16.4. The number of furan rings is 1. The van der Waals surface area contributed by atoms with Gasteiger partial charge in [-0.2, -0.15) is 0 Å². The molecular weight excluding hydrogens is 316 g/mol. The van der Waals surface area contributed by atoms with E-state index in [0.29, 0.717) is 5.69 Å². The lowest BCUT2D eigenvalue weighted by Crippen LogP contribution is -2.31. The fourth-order valence-electron chi connectivity index (χ4n) is 3.64. The average molecular weight is 329 g/mol. The molecule has 2 aromatic carbocycles. The van der Waals surface area contributed by atoms with Crippen LogP contribution in [-0.4, -0.2) is 0 Å². The van der Waals surface area contributed by atoms with Gasteiger partial charge in [0.15, 0.2) is 11.9 Å². The van der Waals surface area contributed by atoms with E-state index in [1.165, 1.54) is 27.1 Å². The SMILES string of the molecule is [C-]#[N+]c1cc2c3c([n+](C)ccc3c1)-c1c(cc3occc3c1C)S2. The number of fused-ring (bicyclic) bond motifs is 3. The van der Waals surface area contributed by atoms with Crippen LogP contribution in [0, 0.1) is 13.5 Å². The van der Waals surface area contributed by atoms with Crippen LogP contribution in [0.1, 0.15) is 5.56 Å². The number of hydrogen-bond donors (Lipinski definition) is 0. The van der Waals surface area contributed by atoms with E-state index in [-0.39, 0.29) is 0 Å². The van der Waals surface area contributed by atoms with Crippen molar-refractivity contribution in [1.82, 2.24) is 0 Å². The third-order valence-electron chi connectivity index (χ3n) is 4.75. The normalized spacial score (nSPS) is 12.4. The molecule has 1 aliphatic rings. The van der Waals surface area contributed by atoms with E-state index in [4.69, 9.17) is 11.0 Å². The van der Waals surface area contributed by atoms with Crippen LogP contribution >= 0.6 is 11.8 Å². The van der Waals surface area contributed by atoms with Crippen LogP contribution in [0.2, 0.25) is 0 Å². The van der Waals surface area contributed by atoms with E-state index in [9.17, 15) is 0 Å². The van der Waals surface area contributed by atoms with E-state index >= 15 is 0 Å². The first kappa shape index (κ1) is 13.6. The lowest BCUT2D eigenvalue weighted by Gasteiger charge is -2.20. The van der Waals surface area contributed by atoms with Crippen molar-refractivity contribution >= 4 is 39.2 Å². The van der Waals surface area contributed by atoms with Gasteiger partial charge in [0.25, 0.3) is 0 Å². The summed E-state index contributed by atoms with van der Waals surface area (Å²) < 4.78 is 7.81. The molecule has 0 fully saturated rings. The number of benzene rings is 2. The molecule has 0 unspecified atom stereocenters. The van der Waals surface area contributed by atoms with Crippen LogP contribution in [-0.2, 0) is 7.05 Å². The highest BCUT2D eigenvalue weighted by Gasteiger charge is 2.29. The van der Waals surface area contributed by atoms with Gasteiger partial charge >= 0.3 is 0 Å². The molecule has 0 saturated carbocycles. The van der Waals surface area contributed by atoms with Crippen LogP contribution in [0.4, 0.5) is 5.69 Å². The molecule has 0 N–H and O–H groups in total. The lowest BCUT2D eigenvalue weighted by atomic mass is 9.96. The van der Waals surface area contributed by atoms with Gasteiger partial charge in [0, 0.05) is 21.2 Å². The van der Waals surface area contributed by atoms with Gasteiger partial charge in [-0.15, -0.1) is 0 Å². The Morgan fingerprint density at radius 2 is 2.04 bits per heavy atom. The van der Waals surface area contributed by atoms with E-state index in [1.54, 1.807) is 18.0 Å². The number of rotatable bonds is 0. The highest BCUT2D eigenvalue weighted by Crippen LogP contribution is 2.50. The van der Waals surface area contributed by atoms with Crippen molar-refractivity contribution in [2.75, 3.05) is 0 Å². The monoisotopic (exact) mass is 329 g/mol. The van der Waals surface area contributed by atoms with Crippen molar-refractivity contribution < 1.29 is 8.98 Å². The quantitative estimate of drug-likeness (QED) is 0.280. The van der Waals surface area contributed by atoms with Crippen LogP contribution in [0.5, 0.6) is 0 Å². The van der Waals surface area contributed by atoms with Crippen molar-refractivity contribution in [1.29, 1.82) is 0 Å². The first-order valence-corrected chi connectivity index (χ1v) is 8.52. The van der Waals surface area contributed by atoms with Gasteiger partial charge in [-0.25, -0.2) is 9.41 Å². The molecule has 4 aromatic rings. The Labute approximate surface area is 143 Å². The molecule has 0 amide bonds. The maximum atomic E-state index is 7.37. The molecule has 1 aliphatic heterocycles. The summed E-state index contributed by atoms with van der Waals surface area (Å²) in [6.45, 7) is 9.53. The number of nitrogens with zero attached hydrogens (tertiary/aromatic N) is 2. The lowest BCUT2D eigenvalue weighted by molar-refractivity contribution is -0.659. The number of pyridine rings is 1. The smallest absolute Gasteiger partial charge is 0.222 e. The predicted octanol–water partition coefficient (Wildman–Crippen LogP) is 5.40. The predicted molar refractivity (Wildman–Crippen MR) is 95.5 cm³/mol. The molecule has 0 saturated heterocycles. The summed E-state index contributed by atoms with van der Waals surface area (Å²) in [6.07, 6.45) is 3.83. The fourth-order valence-corrected chi connectivity index (χ4v) is 4.89. The molecule has 3 nitrogen and oxygen atoms in total. The molecule has 2 aromatic heterocycles. The summed E-state index contributed by atoms with van der Waals surface area (Å²) in [4.78, 5) is 5.96. The third kappa shape index (κ3) is 1.65. The fraction of sp³-hybridized carbons (Fsp3) is 0.100. The summed E-state index contributed by atoms with van der Waals surface area (Å²) >= 11 is 1.73. The number of aromatic nitrogens is 1. The molecular formula is C20H13N2OS+. The Morgan fingerprint density at radius 1 is 1.17 bits per heavy atom. The van der Waals surface area contributed by atoms with Crippen molar-refractivity contribution in [3.05, 3.63) is 59.8 Å². The topological polar surface area (TPSA) is 21.4 Å². The summed E-state index contributed by atoms with van der Waals surface area (Å²) in [6, 6.07) is 10.2.